The molecule has 2 aliphatic rings. The highest BCUT2D eigenvalue weighted by Crippen LogP contribution is 2.35. The van der Waals surface area contributed by atoms with Crippen molar-refractivity contribution in [1.82, 2.24) is 25.0 Å². The van der Waals surface area contributed by atoms with Crippen molar-refractivity contribution in [2.75, 3.05) is 18.4 Å². The van der Waals surface area contributed by atoms with Crippen molar-refractivity contribution in [3.8, 4) is 11.1 Å². The van der Waals surface area contributed by atoms with Crippen LogP contribution in [0.3, 0.4) is 0 Å². The Kier molecular flexibility index (Phi) is 5.83. The van der Waals surface area contributed by atoms with Crippen LogP contribution < -0.4 is 5.32 Å². The van der Waals surface area contributed by atoms with E-state index in [2.05, 4.69) is 27.4 Å². The van der Waals surface area contributed by atoms with E-state index in [0.717, 1.165) is 48.3 Å². The molecule has 8 heteroatoms. The van der Waals surface area contributed by atoms with Gasteiger partial charge in [-0.15, -0.1) is 0 Å². The number of hydrogen-bond donors (Lipinski definition) is 1. The third-order valence-electron chi connectivity index (χ3n) is 6.16. The lowest BCUT2D eigenvalue weighted by Crippen LogP contribution is -2.38. The van der Waals surface area contributed by atoms with Crippen molar-refractivity contribution in [2.45, 2.75) is 57.4 Å². The van der Waals surface area contributed by atoms with Gasteiger partial charge in [0.05, 0.1) is 5.69 Å². The van der Waals surface area contributed by atoms with Crippen LogP contribution in [-0.4, -0.2) is 50.0 Å². The second-order valence-electron chi connectivity index (χ2n) is 8.64. The van der Waals surface area contributed by atoms with Crippen molar-refractivity contribution < 1.29 is 9.32 Å². The molecule has 0 unspecified atom stereocenters. The van der Waals surface area contributed by atoms with Crippen LogP contribution in [0.15, 0.2) is 41.3 Å². The minimum atomic E-state index is -0.0531. The first-order chi connectivity index (χ1) is 15.7. The second kappa shape index (κ2) is 9.06. The summed E-state index contributed by atoms with van der Waals surface area (Å²) in [5.74, 6) is 1.68. The van der Waals surface area contributed by atoms with Crippen molar-refractivity contribution in [3.63, 3.8) is 0 Å². The number of piperidine rings is 1. The predicted octanol–water partition coefficient (Wildman–Crippen LogP) is 4.07. The van der Waals surface area contributed by atoms with Gasteiger partial charge < -0.3 is 14.7 Å². The van der Waals surface area contributed by atoms with Gasteiger partial charge in [0.25, 0.3) is 5.91 Å². The van der Waals surface area contributed by atoms with Gasteiger partial charge in [0.1, 0.15) is 5.76 Å². The van der Waals surface area contributed by atoms with Crippen molar-refractivity contribution >= 4 is 11.9 Å². The number of nitrogens with zero attached hydrogens (tertiary/aromatic N) is 5. The average Bonchev–Trinajstić information content (AvgIpc) is 3.53. The van der Waals surface area contributed by atoms with Crippen LogP contribution in [0.5, 0.6) is 0 Å². The third-order valence-corrected chi connectivity index (χ3v) is 6.16. The number of amides is 1. The van der Waals surface area contributed by atoms with Gasteiger partial charge >= 0.3 is 0 Å². The smallest absolute Gasteiger partial charge is 0.276 e. The molecule has 3 aromatic heterocycles. The molecule has 3 aromatic rings. The van der Waals surface area contributed by atoms with Gasteiger partial charge in [-0.3, -0.25) is 9.78 Å². The van der Waals surface area contributed by atoms with Gasteiger partial charge in [0.2, 0.25) is 5.95 Å². The molecule has 0 atom stereocenters. The Morgan fingerprint density at radius 2 is 1.97 bits per heavy atom. The topological polar surface area (TPSA) is 97.0 Å². The van der Waals surface area contributed by atoms with Gasteiger partial charge in [-0.05, 0) is 49.8 Å². The molecule has 0 spiro atoms. The zero-order valence-electron chi connectivity index (χ0n) is 18.3. The summed E-state index contributed by atoms with van der Waals surface area (Å²) >= 11 is 0. The van der Waals surface area contributed by atoms with Gasteiger partial charge in [-0.1, -0.05) is 12.1 Å². The van der Waals surface area contributed by atoms with E-state index in [1.807, 2.05) is 23.2 Å². The number of pyridine rings is 1. The fraction of sp³-hybridized carbons (Fsp3) is 0.458. The summed E-state index contributed by atoms with van der Waals surface area (Å²) < 4.78 is 5.30. The predicted molar refractivity (Wildman–Crippen MR) is 120 cm³/mol. The van der Waals surface area contributed by atoms with Gasteiger partial charge in [0.15, 0.2) is 5.69 Å². The Morgan fingerprint density at radius 3 is 2.69 bits per heavy atom. The lowest BCUT2D eigenvalue weighted by molar-refractivity contribution is 0.0701. The molecule has 1 N–H and O–H groups in total. The summed E-state index contributed by atoms with van der Waals surface area (Å²) in [6, 6.07) is 6.26. The first kappa shape index (κ1) is 20.6. The summed E-state index contributed by atoms with van der Waals surface area (Å²) in [6.07, 6.45) is 11.3. The Balaban J connectivity index is 1.33. The number of likely N-dealkylation sites (tertiary alicyclic amines) is 1. The highest BCUT2D eigenvalue weighted by Gasteiger charge is 2.29. The van der Waals surface area contributed by atoms with Crippen LogP contribution in [0.4, 0.5) is 5.95 Å². The Labute approximate surface area is 187 Å². The van der Waals surface area contributed by atoms with E-state index < -0.39 is 0 Å². The molecule has 1 amide bonds. The number of hydrogen-bond acceptors (Lipinski definition) is 7. The van der Waals surface area contributed by atoms with E-state index in [1.54, 1.807) is 18.5 Å². The fourth-order valence-electron chi connectivity index (χ4n) is 4.24. The summed E-state index contributed by atoms with van der Waals surface area (Å²) in [5.41, 5.74) is 3.56. The summed E-state index contributed by atoms with van der Waals surface area (Å²) in [4.78, 5) is 28.4. The van der Waals surface area contributed by atoms with E-state index in [4.69, 9.17) is 9.51 Å². The number of carbonyl (C=O) groups is 1. The Hall–Kier alpha value is -3.29. The van der Waals surface area contributed by atoms with E-state index in [1.165, 1.54) is 12.8 Å². The molecule has 2 fully saturated rings. The first-order valence-electron chi connectivity index (χ1n) is 11.5. The molecular weight excluding hydrogens is 404 g/mol. The molecule has 1 saturated carbocycles. The molecule has 5 rings (SSSR count). The lowest BCUT2D eigenvalue weighted by atomic mass is 9.89. The van der Waals surface area contributed by atoms with Crippen molar-refractivity contribution in [2.24, 2.45) is 0 Å². The van der Waals surface area contributed by atoms with E-state index in [0.29, 0.717) is 30.8 Å². The van der Waals surface area contributed by atoms with Gasteiger partial charge in [-0.25, -0.2) is 9.97 Å². The number of carbonyl (C=O) groups excluding carboxylic acids is 1. The summed E-state index contributed by atoms with van der Waals surface area (Å²) in [5, 5.41) is 7.40. The zero-order valence-corrected chi connectivity index (χ0v) is 18.3. The quantitative estimate of drug-likeness (QED) is 0.601. The monoisotopic (exact) mass is 432 g/mol. The summed E-state index contributed by atoms with van der Waals surface area (Å²) in [7, 11) is 0. The highest BCUT2D eigenvalue weighted by atomic mass is 16.5. The standard InChI is InChI=1S/C24H28N6O2/c1-2-3-19-14-21(29-32-19)23(31)30-12-8-17(9-13-30)22-20(16-6-10-25-11-7-16)15-26-24(28-22)27-18-4-5-18/h6-7,10-11,14-15,17-18H,2-5,8-9,12-13H2,1H3,(H,26,27,28). The van der Waals surface area contributed by atoms with Crippen LogP contribution in [0.1, 0.15) is 66.9 Å². The van der Waals surface area contributed by atoms with E-state index in [9.17, 15) is 4.79 Å². The molecule has 166 valence electrons. The minimum absolute atomic E-state index is 0.0531. The molecule has 4 heterocycles. The maximum atomic E-state index is 12.9. The molecule has 0 bridgehead atoms. The molecule has 1 aliphatic carbocycles. The molecular formula is C24H28N6O2. The van der Waals surface area contributed by atoms with Crippen molar-refractivity contribution in [3.05, 3.63) is 53.9 Å². The SMILES string of the molecule is CCCc1cc(C(=O)N2CCC(c3nc(NC4CC4)ncc3-c3ccncc3)CC2)no1. The van der Waals surface area contributed by atoms with Crippen LogP contribution in [0, 0.1) is 0 Å². The second-order valence-corrected chi connectivity index (χ2v) is 8.64. The summed E-state index contributed by atoms with van der Waals surface area (Å²) in [6.45, 7) is 3.42. The number of aryl methyl sites for hydroxylation is 1. The molecule has 32 heavy (non-hydrogen) atoms. The van der Waals surface area contributed by atoms with Gasteiger partial charge in [-0.2, -0.15) is 0 Å². The van der Waals surface area contributed by atoms with Crippen molar-refractivity contribution in [1.29, 1.82) is 0 Å². The maximum absolute atomic E-state index is 12.9. The van der Waals surface area contributed by atoms with Crippen LogP contribution >= 0.6 is 0 Å². The fourth-order valence-corrected chi connectivity index (χ4v) is 4.24. The number of nitrogens with one attached hydrogen (secondary N) is 1. The highest BCUT2D eigenvalue weighted by molar-refractivity contribution is 5.92. The van der Waals surface area contributed by atoms with Gasteiger partial charge in [0, 0.05) is 61.7 Å². The molecule has 1 aliphatic heterocycles. The van der Waals surface area contributed by atoms with E-state index in [-0.39, 0.29) is 11.8 Å². The normalized spacial score (nSPS) is 16.8. The third kappa shape index (κ3) is 4.49. The number of rotatable bonds is 7. The minimum Gasteiger partial charge on any atom is -0.361 e. The molecule has 1 saturated heterocycles. The Morgan fingerprint density at radius 1 is 1.19 bits per heavy atom. The maximum Gasteiger partial charge on any atom is 0.276 e. The van der Waals surface area contributed by atoms with Crippen LogP contribution in [0.2, 0.25) is 0 Å². The lowest BCUT2D eigenvalue weighted by Gasteiger charge is -2.32. The zero-order chi connectivity index (χ0) is 21.9. The molecule has 0 aromatic carbocycles. The first-order valence-corrected chi connectivity index (χ1v) is 11.5. The molecule has 8 nitrogen and oxygen atoms in total. The Bertz CT molecular complexity index is 1070. The average molecular weight is 433 g/mol. The van der Waals surface area contributed by atoms with Crippen LogP contribution in [0.25, 0.3) is 11.1 Å². The number of anilines is 1. The molecule has 0 radical (unpaired) electrons. The number of aromatic nitrogens is 4. The van der Waals surface area contributed by atoms with E-state index >= 15 is 0 Å². The largest absolute Gasteiger partial charge is 0.361 e. The van der Waals surface area contributed by atoms with Crippen LogP contribution in [-0.2, 0) is 6.42 Å².